The Labute approximate surface area is 322 Å². The minimum Gasteiger partial charge on any atom is -0.227 e. The van der Waals surface area contributed by atoms with Gasteiger partial charge in [0.25, 0.3) is 0 Å². The van der Waals surface area contributed by atoms with Crippen molar-refractivity contribution >= 4 is 31.6 Å². The summed E-state index contributed by atoms with van der Waals surface area (Å²) < 4.78 is 1.18. The van der Waals surface area contributed by atoms with Crippen LogP contribution in [0.25, 0.3) is 99.4 Å². The highest BCUT2D eigenvalue weighted by atomic mass is 32.1. The molecule has 0 aliphatic heterocycles. The van der Waals surface area contributed by atoms with E-state index in [0.717, 1.165) is 71.4 Å². The van der Waals surface area contributed by atoms with Crippen molar-refractivity contribution < 1.29 is 0 Å². The predicted molar refractivity (Wildman–Crippen MR) is 226 cm³/mol. The first-order chi connectivity index (χ1) is 27.2. The van der Waals surface area contributed by atoms with E-state index in [-0.39, 0.29) is 0 Å². The molecule has 0 fully saturated rings. The number of hydrogen-bond acceptors (Lipinski definition) is 6. The van der Waals surface area contributed by atoms with Gasteiger partial charge in [0.1, 0.15) is 4.83 Å². The fourth-order valence-corrected chi connectivity index (χ4v) is 8.13. The summed E-state index contributed by atoms with van der Waals surface area (Å²) in [4.78, 5) is 26.8. The van der Waals surface area contributed by atoms with E-state index < -0.39 is 0 Å². The van der Waals surface area contributed by atoms with E-state index in [2.05, 4.69) is 115 Å². The molecular weight excluding hydrogens is 691 g/mol. The summed E-state index contributed by atoms with van der Waals surface area (Å²) in [6, 6.07) is 64.6. The van der Waals surface area contributed by atoms with Gasteiger partial charge in [-0.25, -0.2) is 24.9 Å². The van der Waals surface area contributed by atoms with E-state index in [1.165, 1.54) is 4.70 Å². The molecule has 0 amide bonds. The maximum atomic E-state index is 5.37. The quantitative estimate of drug-likeness (QED) is 0.164. The molecule has 3 heterocycles. The zero-order valence-corrected chi connectivity index (χ0v) is 30.4. The number of benzene rings is 7. The Balaban J connectivity index is 1.23. The summed E-state index contributed by atoms with van der Waals surface area (Å²) in [5.41, 5.74) is 9.88. The van der Waals surface area contributed by atoms with Crippen molar-refractivity contribution in [1.29, 1.82) is 0 Å². The highest BCUT2D eigenvalue weighted by molar-refractivity contribution is 7.25. The van der Waals surface area contributed by atoms with Crippen molar-refractivity contribution in [2.75, 3.05) is 0 Å². The smallest absolute Gasteiger partial charge is 0.164 e. The van der Waals surface area contributed by atoms with Gasteiger partial charge < -0.3 is 0 Å². The van der Waals surface area contributed by atoms with E-state index in [9.17, 15) is 0 Å². The third-order valence-corrected chi connectivity index (χ3v) is 10.8. The van der Waals surface area contributed by atoms with Crippen molar-refractivity contribution in [1.82, 2.24) is 24.9 Å². The third kappa shape index (κ3) is 6.35. The zero-order valence-electron chi connectivity index (χ0n) is 29.5. The van der Waals surface area contributed by atoms with Crippen LogP contribution in [0.1, 0.15) is 0 Å². The highest BCUT2D eigenvalue weighted by Crippen LogP contribution is 2.41. The van der Waals surface area contributed by atoms with Crippen LogP contribution >= 0.6 is 11.3 Å². The monoisotopic (exact) mass is 721 g/mol. The fourth-order valence-electron chi connectivity index (χ4n) is 7.06. The Kier molecular flexibility index (Phi) is 8.28. The fraction of sp³-hybridized carbons (Fsp3) is 0. The molecule has 0 N–H and O–H groups in total. The molecule has 0 unspecified atom stereocenters. The van der Waals surface area contributed by atoms with E-state index in [1.54, 1.807) is 11.3 Å². The van der Waals surface area contributed by atoms with Crippen molar-refractivity contribution in [2.24, 2.45) is 0 Å². The lowest BCUT2D eigenvalue weighted by atomic mass is 9.95. The topological polar surface area (TPSA) is 64.5 Å². The summed E-state index contributed by atoms with van der Waals surface area (Å²) in [6.07, 6.45) is 0. The van der Waals surface area contributed by atoms with Gasteiger partial charge in [-0.1, -0.05) is 158 Å². The van der Waals surface area contributed by atoms with Gasteiger partial charge in [0.05, 0.1) is 5.69 Å². The molecule has 0 saturated carbocycles. The number of nitrogens with zero attached hydrogens (tertiary/aromatic N) is 5. The SMILES string of the molecule is c1ccc(-c2cccc(-c3cc(-c4nc(-c5ccccc5)nc(-c5ccccc5)n4)cc(-c4nc(-c5ccccc5)c5c(n4)sc4ccccc45)c3)c2)cc1. The van der Waals surface area contributed by atoms with Crippen molar-refractivity contribution in [2.45, 2.75) is 0 Å². The lowest BCUT2D eigenvalue weighted by Crippen LogP contribution is -2.01. The normalized spacial score (nSPS) is 11.3. The summed E-state index contributed by atoms with van der Waals surface area (Å²) >= 11 is 1.70. The molecule has 0 spiro atoms. The second kappa shape index (κ2) is 14.0. The maximum Gasteiger partial charge on any atom is 0.164 e. The molecule has 10 rings (SSSR count). The van der Waals surface area contributed by atoms with Crippen LogP contribution in [0.5, 0.6) is 0 Å². The number of thiophene rings is 1. The van der Waals surface area contributed by atoms with Crippen molar-refractivity contribution in [3.05, 3.63) is 188 Å². The second-order valence-electron chi connectivity index (χ2n) is 13.3. The van der Waals surface area contributed by atoms with Gasteiger partial charge in [-0.15, -0.1) is 11.3 Å². The number of hydrogen-bond donors (Lipinski definition) is 0. The molecule has 7 aromatic carbocycles. The third-order valence-electron chi connectivity index (χ3n) is 9.74. The molecule has 10 aromatic rings. The van der Waals surface area contributed by atoms with E-state index in [1.807, 2.05) is 72.8 Å². The van der Waals surface area contributed by atoms with Crippen LogP contribution in [-0.4, -0.2) is 24.9 Å². The molecule has 0 aliphatic carbocycles. The van der Waals surface area contributed by atoms with Crippen LogP contribution in [0.15, 0.2) is 188 Å². The number of fused-ring (bicyclic) bond motifs is 3. The Morgan fingerprint density at radius 1 is 0.291 bits per heavy atom. The molecule has 5 nitrogen and oxygen atoms in total. The molecule has 258 valence electrons. The van der Waals surface area contributed by atoms with Crippen LogP contribution in [0, 0.1) is 0 Å². The molecule has 3 aromatic heterocycles. The standard InChI is InChI=1S/C49H31N5S/c1-5-16-32(17-6-1)36-24-15-25-37(28-36)38-29-39(47-50-44(33-18-7-2-8-19-33)43-41-26-13-14-27-42(41)55-49(43)54-47)31-40(30-38)48-52-45(34-20-9-3-10-21-34)51-46(53-48)35-22-11-4-12-23-35/h1-31H. The summed E-state index contributed by atoms with van der Waals surface area (Å²) in [7, 11) is 0. The number of aromatic nitrogens is 5. The molecule has 0 atom stereocenters. The van der Waals surface area contributed by atoms with Crippen molar-refractivity contribution in [3.8, 4) is 79.1 Å². The Morgan fingerprint density at radius 2 is 0.709 bits per heavy atom. The van der Waals surface area contributed by atoms with E-state index in [4.69, 9.17) is 24.9 Å². The van der Waals surface area contributed by atoms with Crippen LogP contribution in [0.2, 0.25) is 0 Å². The number of rotatable bonds is 7. The second-order valence-corrected chi connectivity index (χ2v) is 14.4. The minimum atomic E-state index is 0.571. The van der Waals surface area contributed by atoms with Gasteiger partial charge in [-0.3, -0.25) is 0 Å². The average Bonchev–Trinajstić information content (AvgIpc) is 3.66. The Morgan fingerprint density at radius 3 is 1.31 bits per heavy atom. The van der Waals surface area contributed by atoms with Gasteiger partial charge in [0, 0.05) is 43.3 Å². The largest absolute Gasteiger partial charge is 0.227 e. The molecule has 6 heteroatoms. The molecule has 0 aliphatic rings. The zero-order chi connectivity index (χ0) is 36.6. The minimum absolute atomic E-state index is 0.571. The van der Waals surface area contributed by atoms with Crippen molar-refractivity contribution in [3.63, 3.8) is 0 Å². The Hall–Kier alpha value is -7.15. The summed E-state index contributed by atoms with van der Waals surface area (Å²) in [5.74, 6) is 2.43. The molecule has 55 heavy (non-hydrogen) atoms. The van der Waals surface area contributed by atoms with Crippen LogP contribution in [0.3, 0.4) is 0 Å². The summed E-state index contributed by atoms with van der Waals surface area (Å²) in [5, 5.41) is 2.23. The average molecular weight is 722 g/mol. The van der Waals surface area contributed by atoms with Gasteiger partial charge >= 0.3 is 0 Å². The van der Waals surface area contributed by atoms with Gasteiger partial charge in [0.2, 0.25) is 0 Å². The maximum absolute atomic E-state index is 5.37. The van der Waals surface area contributed by atoms with Crippen LogP contribution in [-0.2, 0) is 0 Å². The first kappa shape index (κ1) is 32.5. The van der Waals surface area contributed by atoms with Crippen LogP contribution in [0.4, 0.5) is 0 Å². The lowest BCUT2D eigenvalue weighted by Gasteiger charge is -2.13. The van der Waals surface area contributed by atoms with Crippen LogP contribution < -0.4 is 0 Å². The lowest BCUT2D eigenvalue weighted by molar-refractivity contribution is 1.07. The first-order valence-electron chi connectivity index (χ1n) is 18.2. The molecule has 0 radical (unpaired) electrons. The molecular formula is C49H31N5S. The van der Waals surface area contributed by atoms with Gasteiger partial charge in [-0.05, 0) is 52.6 Å². The van der Waals surface area contributed by atoms with Gasteiger partial charge in [0.15, 0.2) is 23.3 Å². The Bertz CT molecular complexity index is 2910. The highest BCUT2D eigenvalue weighted by Gasteiger charge is 2.19. The van der Waals surface area contributed by atoms with E-state index in [0.29, 0.717) is 23.3 Å². The summed E-state index contributed by atoms with van der Waals surface area (Å²) in [6.45, 7) is 0. The van der Waals surface area contributed by atoms with E-state index >= 15 is 0 Å². The first-order valence-corrected chi connectivity index (χ1v) is 19.0. The molecule has 0 bridgehead atoms. The predicted octanol–water partition coefficient (Wildman–Crippen LogP) is 12.7. The van der Waals surface area contributed by atoms with Gasteiger partial charge in [-0.2, -0.15) is 0 Å². The molecule has 0 saturated heterocycles.